The number of fused-ring (bicyclic) bond motifs is 1. The Kier molecular flexibility index (Phi) is 6.34. The first-order chi connectivity index (χ1) is 13.9. The smallest absolute Gasteiger partial charge is 0.374 e. The Morgan fingerprint density at radius 3 is 2.62 bits per heavy atom. The molecule has 0 saturated heterocycles. The number of carbonyl (C=O) groups is 2. The van der Waals surface area contributed by atoms with Crippen LogP contribution < -0.4 is 10.2 Å². The number of aryl methyl sites for hydroxylation is 1. The maximum atomic E-state index is 12.6. The summed E-state index contributed by atoms with van der Waals surface area (Å²) in [6.07, 6.45) is 0. The normalized spacial score (nSPS) is 12.0. The van der Waals surface area contributed by atoms with Gasteiger partial charge in [0.2, 0.25) is 5.76 Å². The molecule has 0 aliphatic rings. The van der Waals surface area contributed by atoms with Crippen molar-refractivity contribution in [2.45, 2.75) is 27.3 Å². The lowest BCUT2D eigenvalue weighted by molar-refractivity contribution is -0.885. The Balaban J connectivity index is 1.76. The highest BCUT2D eigenvalue weighted by molar-refractivity contribution is 5.96. The van der Waals surface area contributed by atoms with E-state index >= 15 is 0 Å². The molecule has 1 unspecified atom stereocenters. The molecule has 152 valence electrons. The van der Waals surface area contributed by atoms with E-state index in [9.17, 15) is 9.59 Å². The molecule has 0 aliphatic heterocycles. The van der Waals surface area contributed by atoms with Crippen LogP contribution in [0.5, 0.6) is 0 Å². The van der Waals surface area contributed by atoms with E-state index in [0.29, 0.717) is 12.1 Å². The summed E-state index contributed by atoms with van der Waals surface area (Å²) >= 11 is 0. The van der Waals surface area contributed by atoms with Gasteiger partial charge in [0.25, 0.3) is 5.91 Å². The second kappa shape index (κ2) is 8.92. The van der Waals surface area contributed by atoms with Gasteiger partial charge in [0.05, 0.1) is 19.2 Å². The molecule has 3 aromatic rings. The van der Waals surface area contributed by atoms with Crippen molar-refractivity contribution >= 4 is 28.5 Å². The first-order valence-corrected chi connectivity index (χ1v) is 9.75. The molecule has 1 heterocycles. The number of hydrogen-bond donors (Lipinski definition) is 2. The summed E-state index contributed by atoms with van der Waals surface area (Å²) in [7, 11) is 1.92. The van der Waals surface area contributed by atoms with E-state index < -0.39 is 5.97 Å². The van der Waals surface area contributed by atoms with Crippen molar-refractivity contribution in [3.63, 3.8) is 0 Å². The molecule has 0 spiro atoms. The largest absolute Gasteiger partial charge is 0.460 e. The average Bonchev–Trinajstić information content (AvgIpc) is 3.04. The molecule has 2 aromatic carbocycles. The number of esters is 1. The zero-order chi connectivity index (χ0) is 21.0. The van der Waals surface area contributed by atoms with Crippen molar-refractivity contribution < 1.29 is 23.6 Å². The Morgan fingerprint density at radius 2 is 1.86 bits per heavy atom. The molecule has 3 rings (SSSR count). The quantitative estimate of drug-likeness (QED) is 0.604. The summed E-state index contributed by atoms with van der Waals surface area (Å²) in [5.41, 5.74) is 4.41. The molecule has 0 saturated carbocycles. The Hall–Kier alpha value is -3.12. The number of hydrogen-bond acceptors (Lipinski definition) is 4. The van der Waals surface area contributed by atoms with Gasteiger partial charge in [0.15, 0.2) is 6.54 Å². The topological polar surface area (TPSA) is 73.0 Å². The number of anilines is 1. The predicted molar refractivity (Wildman–Crippen MR) is 112 cm³/mol. The number of quaternary nitrogens is 1. The van der Waals surface area contributed by atoms with Gasteiger partial charge >= 0.3 is 5.97 Å². The minimum absolute atomic E-state index is 0.0818. The summed E-state index contributed by atoms with van der Waals surface area (Å²) in [6, 6.07) is 13.3. The lowest BCUT2D eigenvalue weighted by Gasteiger charge is -2.15. The van der Waals surface area contributed by atoms with E-state index in [-0.39, 0.29) is 24.8 Å². The standard InChI is InChI=1S/C23H26N2O4/c1-5-28-23(27)22-18(17-10-6-7-12-20(17)29-22)13-25(4)14-21(26)24-19-11-8-9-15(2)16(19)3/h6-12H,5,13-14H2,1-4H3,(H,24,26)/p+1. The maximum Gasteiger partial charge on any atom is 0.374 e. The van der Waals surface area contributed by atoms with Crippen molar-refractivity contribution in [1.82, 2.24) is 0 Å². The van der Waals surface area contributed by atoms with Crippen LogP contribution in [0.4, 0.5) is 5.69 Å². The second-order valence-corrected chi connectivity index (χ2v) is 7.23. The summed E-state index contributed by atoms with van der Waals surface area (Å²) in [5, 5.41) is 3.85. The van der Waals surface area contributed by atoms with Crippen LogP contribution in [0.15, 0.2) is 46.9 Å². The van der Waals surface area contributed by atoms with Crippen LogP contribution in [0.3, 0.4) is 0 Å². The summed E-state index contributed by atoms with van der Waals surface area (Å²) < 4.78 is 10.9. The third-order valence-electron chi connectivity index (χ3n) is 4.98. The molecular formula is C23H27N2O4+. The number of rotatable bonds is 7. The molecule has 0 radical (unpaired) electrons. The van der Waals surface area contributed by atoms with Crippen LogP contribution >= 0.6 is 0 Å². The van der Waals surface area contributed by atoms with E-state index in [1.54, 1.807) is 6.92 Å². The fraction of sp³-hybridized carbons (Fsp3) is 0.304. The fourth-order valence-corrected chi connectivity index (χ4v) is 3.36. The highest BCUT2D eigenvalue weighted by Gasteiger charge is 2.24. The summed E-state index contributed by atoms with van der Waals surface area (Å²) in [5.74, 6) is -0.352. The Bertz CT molecular complexity index is 1040. The summed E-state index contributed by atoms with van der Waals surface area (Å²) in [4.78, 5) is 25.8. The lowest BCUT2D eigenvalue weighted by atomic mass is 10.1. The number of likely N-dealkylation sites (N-methyl/N-ethyl adjacent to an activating group) is 1. The number of para-hydroxylation sites is 1. The van der Waals surface area contributed by atoms with Gasteiger partial charge in [-0.15, -0.1) is 0 Å². The number of furan rings is 1. The molecular weight excluding hydrogens is 368 g/mol. The van der Waals surface area contributed by atoms with Gasteiger partial charge in [-0.05, 0) is 44.0 Å². The molecule has 0 aliphatic carbocycles. The van der Waals surface area contributed by atoms with Gasteiger partial charge in [-0.25, -0.2) is 4.79 Å². The molecule has 1 aromatic heterocycles. The summed E-state index contributed by atoms with van der Waals surface area (Å²) in [6.45, 7) is 6.76. The third-order valence-corrected chi connectivity index (χ3v) is 4.98. The Morgan fingerprint density at radius 1 is 1.10 bits per heavy atom. The van der Waals surface area contributed by atoms with Crippen LogP contribution in [0.1, 0.15) is 34.2 Å². The molecule has 6 nitrogen and oxygen atoms in total. The molecule has 0 bridgehead atoms. The average molecular weight is 395 g/mol. The van der Waals surface area contributed by atoms with Gasteiger partial charge in [-0.3, -0.25) is 4.79 Å². The van der Waals surface area contributed by atoms with Crippen LogP contribution in [0, 0.1) is 13.8 Å². The first-order valence-electron chi connectivity index (χ1n) is 9.75. The highest BCUT2D eigenvalue weighted by atomic mass is 16.5. The molecule has 0 fully saturated rings. The number of carbonyl (C=O) groups excluding carboxylic acids is 2. The Labute approximate surface area is 170 Å². The molecule has 1 atom stereocenters. The second-order valence-electron chi connectivity index (χ2n) is 7.23. The fourth-order valence-electron chi connectivity index (χ4n) is 3.36. The minimum Gasteiger partial charge on any atom is -0.460 e. The molecule has 29 heavy (non-hydrogen) atoms. The monoisotopic (exact) mass is 395 g/mol. The molecule has 6 heteroatoms. The SMILES string of the molecule is CCOC(=O)c1oc2ccccc2c1C[NH+](C)CC(=O)Nc1cccc(C)c1C. The van der Waals surface area contributed by atoms with Gasteiger partial charge in [0, 0.05) is 11.1 Å². The van der Waals surface area contributed by atoms with Crippen molar-refractivity contribution in [3.8, 4) is 0 Å². The van der Waals surface area contributed by atoms with Crippen LogP contribution in [-0.2, 0) is 16.1 Å². The minimum atomic E-state index is -0.480. The lowest BCUT2D eigenvalue weighted by Crippen LogP contribution is -3.08. The van der Waals surface area contributed by atoms with Crippen LogP contribution in [0.2, 0.25) is 0 Å². The number of nitrogens with one attached hydrogen (secondary N) is 2. The zero-order valence-electron chi connectivity index (χ0n) is 17.3. The molecule has 1 amide bonds. The van der Waals surface area contributed by atoms with E-state index in [1.165, 1.54) is 0 Å². The predicted octanol–water partition coefficient (Wildman–Crippen LogP) is 2.88. The van der Waals surface area contributed by atoms with Gasteiger partial charge in [-0.2, -0.15) is 0 Å². The van der Waals surface area contributed by atoms with Gasteiger partial charge in [-0.1, -0.05) is 30.3 Å². The maximum absolute atomic E-state index is 12.6. The number of amides is 1. The van der Waals surface area contributed by atoms with E-state index in [2.05, 4.69) is 5.32 Å². The molecule has 2 N–H and O–H groups in total. The number of ether oxygens (including phenoxy) is 1. The highest BCUT2D eigenvalue weighted by Crippen LogP contribution is 2.26. The van der Waals surface area contributed by atoms with Crippen molar-refractivity contribution in [2.75, 3.05) is 25.5 Å². The zero-order valence-corrected chi connectivity index (χ0v) is 17.3. The van der Waals surface area contributed by atoms with Crippen LogP contribution in [0.25, 0.3) is 11.0 Å². The van der Waals surface area contributed by atoms with Crippen molar-refractivity contribution in [2.24, 2.45) is 0 Å². The first kappa shape index (κ1) is 20.6. The van der Waals surface area contributed by atoms with Crippen molar-refractivity contribution in [1.29, 1.82) is 0 Å². The van der Waals surface area contributed by atoms with Crippen LogP contribution in [-0.4, -0.2) is 32.1 Å². The van der Waals surface area contributed by atoms with Gasteiger partial charge < -0.3 is 19.4 Å². The number of benzene rings is 2. The van der Waals surface area contributed by atoms with Crippen molar-refractivity contribution in [3.05, 3.63) is 64.9 Å². The van der Waals surface area contributed by atoms with Gasteiger partial charge in [0.1, 0.15) is 12.1 Å². The third kappa shape index (κ3) is 4.66. The van der Waals surface area contributed by atoms with E-state index in [1.807, 2.05) is 63.4 Å². The van der Waals surface area contributed by atoms with E-state index in [0.717, 1.165) is 32.7 Å². The van der Waals surface area contributed by atoms with E-state index in [4.69, 9.17) is 9.15 Å².